The Hall–Kier alpha value is -2.91. The minimum Gasteiger partial charge on any atom is -0.442 e. The molecule has 0 atom stereocenters. The van der Waals surface area contributed by atoms with Crippen LogP contribution in [0.1, 0.15) is 22.5 Å². The molecule has 24 heavy (non-hydrogen) atoms. The van der Waals surface area contributed by atoms with Gasteiger partial charge in [-0.1, -0.05) is 23.8 Å². The number of anilines is 1. The topological polar surface area (TPSA) is 70.1 Å². The zero-order valence-electron chi connectivity index (χ0n) is 13.1. The van der Waals surface area contributed by atoms with Crippen LogP contribution in [0.15, 0.2) is 52.6 Å². The molecule has 0 N–H and O–H groups in total. The number of amides is 1. The lowest BCUT2D eigenvalue weighted by Gasteiger charge is -2.21. The van der Waals surface area contributed by atoms with E-state index in [2.05, 4.69) is 11.1 Å². The Morgan fingerprint density at radius 2 is 2.12 bits per heavy atom. The largest absolute Gasteiger partial charge is 0.442 e. The lowest BCUT2D eigenvalue weighted by Crippen LogP contribution is -2.32. The summed E-state index contributed by atoms with van der Waals surface area (Å²) in [5.74, 6) is 0.190. The number of oxazole rings is 1. The van der Waals surface area contributed by atoms with E-state index in [9.17, 15) is 4.79 Å². The normalized spacial score (nSPS) is 10.3. The first-order valence-corrected chi connectivity index (χ1v) is 8.31. The molecule has 3 aromatic rings. The van der Waals surface area contributed by atoms with Crippen molar-refractivity contribution >= 4 is 22.9 Å². The van der Waals surface area contributed by atoms with Gasteiger partial charge in [-0.3, -0.25) is 4.79 Å². The predicted octanol–water partition coefficient (Wildman–Crippen LogP) is 4.27. The molecule has 0 aliphatic rings. The number of carbonyl (C=O) groups is 1. The monoisotopic (exact) mass is 337 g/mol. The lowest BCUT2D eigenvalue weighted by atomic mass is 10.2. The summed E-state index contributed by atoms with van der Waals surface area (Å²) in [6.45, 7) is 2.28. The third-order valence-electron chi connectivity index (χ3n) is 3.55. The van der Waals surface area contributed by atoms with Crippen LogP contribution in [0.2, 0.25) is 0 Å². The molecule has 0 saturated heterocycles. The van der Waals surface area contributed by atoms with E-state index in [1.54, 1.807) is 4.90 Å². The van der Waals surface area contributed by atoms with Crippen molar-refractivity contribution in [3.05, 3.63) is 59.4 Å². The molecule has 3 rings (SSSR count). The first-order chi connectivity index (χ1) is 11.7. The van der Waals surface area contributed by atoms with E-state index in [-0.39, 0.29) is 18.0 Å². The van der Waals surface area contributed by atoms with Crippen LogP contribution in [0.3, 0.4) is 0 Å². The number of nitrogens with zero attached hydrogens (tertiary/aromatic N) is 3. The molecule has 0 bridgehead atoms. The molecule has 0 aliphatic carbocycles. The van der Waals surface area contributed by atoms with Gasteiger partial charge in [-0.2, -0.15) is 5.26 Å². The molecule has 0 unspecified atom stereocenters. The van der Waals surface area contributed by atoms with Crippen LogP contribution in [-0.4, -0.2) is 17.4 Å². The lowest BCUT2D eigenvalue weighted by molar-refractivity contribution is 0.0983. The van der Waals surface area contributed by atoms with Gasteiger partial charge in [0.2, 0.25) is 0 Å². The fourth-order valence-corrected chi connectivity index (χ4v) is 3.06. The van der Waals surface area contributed by atoms with Gasteiger partial charge in [0, 0.05) is 12.2 Å². The van der Waals surface area contributed by atoms with Crippen LogP contribution in [0.4, 0.5) is 5.69 Å². The number of carbonyl (C=O) groups excluding carboxylic acids is 1. The number of thiophene rings is 1. The van der Waals surface area contributed by atoms with Crippen molar-refractivity contribution in [3.63, 3.8) is 0 Å². The first kappa shape index (κ1) is 16.0. The Balaban J connectivity index is 1.96. The average molecular weight is 337 g/mol. The molecule has 2 aromatic heterocycles. The molecule has 1 amide bonds. The zero-order valence-corrected chi connectivity index (χ0v) is 13.9. The van der Waals surface area contributed by atoms with Crippen LogP contribution >= 0.6 is 11.3 Å². The highest BCUT2D eigenvalue weighted by atomic mass is 32.1. The molecule has 0 aliphatic heterocycles. The van der Waals surface area contributed by atoms with Crippen LogP contribution in [0, 0.1) is 18.3 Å². The highest BCUT2D eigenvalue weighted by Gasteiger charge is 2.25. The Bertz CT molecular complexity index is 861. The predicted molar refractivity (Wildman–Crippen MR) is 92.9 cm³/mol. The summed E-state index contributed by atoms with van der Waals surface area (Å²) < 4.78 is 5.43. The molecule has 0 fully saturated rings. The van der Waals surface area contributed by atoms with E-state index in [1.165, 1.54) is 17.7 Å². The van der Waals surface area contributed by atoms with Crippen LogP contribution < -0.4 is 4.90 Å². The second-order valence-electron chi connectivity index (χ2n) is 5.21. The molecule has 0 radical (unpaired) electrons. The SMILES string of the molecule is Cc1ccc(N(CCC#N)C(=O)c2ncoc2-c2cccs2)cc1. The summed E-state index contributed by atoms with van der Waals surface area (Å²) in [6, 6.07) is 13.5. The third kappa shape index (κ3) is 3.21. The Morgan fingerprint density at radius 1 is 1.33 bits per heavy atom. The molecule has 0 spiro atoms. The van der Waals surface area contributed by atoms with Crippen molar-refractivity contribution in [2.75, 3.05) is 11.4 Å². The molecule has 120 valence electrons. The molecule has 0 saturated carbocycles. The van der Waals surface area contributed by atoms with Crippen LogP contribution in [0.25, 0.3) is 10.6 Å². The highest BCUT2D eigenvalue weighted by molar-refractivity contribution is 7.13. The quantitative estimate of drug-likeness (QED) is 0.697. The Kier molecular flexibility index (Phi) is 4.73. The maximum Gasteiger partial charge on any atom is 0.280 e. The van der Waals surface area contributed by atoms with Crippen LogP contribution in [-0.2, 0) is 0 Å². The summed E-state index contributed by atoms with van der Waals surface area (Å²) in [5, 5.41) is 10.8. The van der Waals surface area contributed by atoms with Gasteiger partial charge < -0.3 is 9.32 Å². The smallest absolute Gasteiger partial charge is 0.280 e. The van der Waals surface area contributed by atoms with E-state index in [0.717, 1.165) is 16.1 Å². The van der Waals surface area contributed by atoms with E-state index < -0.39 is 0 Å². The van der Waals surface area contributed by atoms with Gasteiger partial charge in [-0.25, -0.2) is 4.98 Å². The van der Waals surface area contributed by atoms with Crippen molar-refractivity contribution in [2.24, 2.45) is 0 Å². The molecular weight excluding hydrogens is 322 g/mol. The van der Waals surface area contributed by atoms with Crippen molar-refractivity contribution in [1.82, 2.24) is 4.98 Å². The third-order valence-corrected chi connectivity index (χ3v) is 4.42. The molecule has 6 heteroatoms. The minimum atomic E-state index is -0.272. The molecule has 5 nitrogen and oxygen atoms in total. The highest BCUT2D eigenvalue weighted by Crippen LogP contribution is 2.29. The maximum absolute atomic E-state index is 13.0. The van der Waals surface area contributed by atoms with Gasteiger partial charge in [0.1, 0.15) is 0 Å². The van der Waals surface area contributed by atoms with Crippen LogP contribution in [0.5, 0.6) is 0 Å². The Morgan fingerprint density at radius 3 is 2.79 bits per heavy atom. The number of hydrogen-bond donors (Lipinski definition) is 0. The molecular formula is C18H15N3O2S. The second kappa shape index (κ2) is 7.11. The van der Waals surface area contributed by atoms with Gasteiger partial charge in [0.25, 0.3) is 5.91 Å². The summed E-state index contributed by atoms with van der Waals surface area (Å²) in [5.41, 5.74) is 2.10. The number of benzene rings is 1. The number of rotatable bonds is 5. The fraction of sp³-hybridized carbons (Fsp3) is 0.167. The van der Waals surface area contributed by atoms with Crippen molar-refractivity contribution in [1.29, 1.82) is 5.26 Å². The maximum atomic E-state index is 13.0. The number of hydrogen-bond acceptors (Lipinski definition) is 5. The summed E-state index contributed by atoms with van der Waals surface area (Å²) in [7, 11) is 0. The summed E-state index contributed by atoms with van der Waals surface area (Å²) in [4.78, 5) is 19.5. The van der Waals surface area contributed by atoms with E-state index in [0.29, 0.717) is 12.3 Å². The standard InChI is InChI=1S/C18H15N3O2S/c1-13-5-7-14(8-6-13)21(10-3-9-19)18(22)16-17(23-12-20-16)15-4-2-11-24-15/h2,4-8,11-12H,3,10H2,1H3. The van der Waals surface area contributed by atoms with Gasteiger partial charge in [-0.15, -0.1) is 11.3 Å². The minimum absolute atomic E-state index is 0.242. The molecule has 2 heterocycles. The average Bonchev–Trinajstić information content (AvgIpc) is 3.27. The van der Waals surface area contributed by atoms with Crippen molar-refractivity contribution < 1.29 is 9.21 Å². The van der Waals surface area contributed by atoms with Crippen molar-refractivity contribution in [2.45, 2.75) is 13.3 Å². The van der Waals surface area contributed by atoms with E-state index >= 15 is 0 Å². The number of aryl methyl sites for hydroxylation is 1. The van der Waals surface area contributed by atoms with Crippen molar-refractivity contribution in [3.8, 4) is 16.7 Å². The summed E-state index contributed by atoms with van der Waals surface area (Å²) in [6.07, 6.45) is 1.52. The van der Waals surface area contributed by atoms with E-state index in [1.807, 2.05) is 48.7 Å². The van der Waals surface area contributed by atoms with E-state index in [4.69, 9.17) is 9.68 Å². The molecule has 1 aromatic carbocycles. The first-order valence-electron chi connectivity index (χ1n) is 7.43. The van der Waals surface area contributed by atoms with Gasteiger partial charge in [0.05, 0.1) is 17.4 Å². The Labute approximate surface area is 143 Å². The number of aromatic nitrogens is 1. The summed E-state index contributed by atoms with van der Waals surface area (Å²) >= 11 is 1.48. The zero-order chi connectivity index (χ0) is 16.9. The van der Waals surface area contributed by atoms with Gasteiger partial charge in [-0.05, 0) is 30.5 Å². The number of nitriles is 1. The second-order valence-corrected chi connectivity index (χ2v) is 6.16. The van der Waals surface area contributed by atoms with Gasteiger partial charge in [0.15, 0.2) is 17.8 Å². The van der Waals surface area contributed by atoms with Gasteiger partial charge >= 0.3 is 0 Å². The fourth-order valence-electron chi connectivity index (χ4n) is 2.34.